The van der Waals surface area contributed by atoms with Crippen LogP contribution in [0, 0.1) is 11.6 Å². The van der Waals surface area contributed by atoms with Crippen molar-refractivity contribution in [3.8, 4) is 0 Å². The van der Waals surface area contributed by atoms with Gasteiger partial charge >= 0.3 is 0 Å². The van der Waals surface area contributed by atoms with Gasteiger partial charge in [0.05, 0.1) is 5.72 Å². The molecule has 0 spiro atoms. The number of imidazole rings is 1. The molecule has 5 aromatic carbocycles. The topological polar surface area (TPSA) is 17.8 Å². The van der Waals surface area contributed by atoms with E-state index in [4.69, 9.17) is 4.98 Å². The lowest BCUT2D eigenvalue weighted by Crippen LogP contribution is -2.70. The molecule has 1 aromatic heterocycles. The van der Waals surface area contributed by atoms with Gasteiger partial charge < -0.3 is 4.57 Å². The van der Waals surface area contributed by atoms with Gasteiger partial charge in [-0.25, -0.2) is 8.78 Å². The fourth-order valence-corrected chi connectivity index (χ4v) is 10.6. The number of nitrogens with zero attached hydrogens (tertiary/aromatic N) is 2. The van der Waals surface area contributed by atoms with E-state index < -0.39 is 8.07 Å². The van der Waals surface area contributed by atoms with E-state index in [1.165, 1.54) is 23.3 Å². The molecule has 0 amide bonds. The molecule has 0 saturated carbocycles. The lowest BCUT2D eigenvalue weighted by Gasteiger charge is -2.35. The monoisotopic (exact) mass is 554 g/mol. The second-order valence-corrected chi connectivity index (χ2v) is 14.2. The minimum Gasteiger partial charge on any atom is -0.345 e. The summed E-state index contributed by atoms with van der Waals surface area (Å²) in [7, 11) is -2.30. The van der Waals surface area contributed by atoms with E-state index in [1.54, 1.807) is 24.3 Å². The molecule has 0 bridgehead atoms. The van der Waals surface area contributed by atoms with Crippen molar-refractivity contribution in [1.82, 2.24) is 9.55 Å². The first kappa shape index (κ1) is 26.7. The van der Waals surface area contributed by atoms with Crippen molar-refractivity contribution in [2.75, 3.05) is 0 Å². The number of hydrogen-bond donors (Lipinski definition) is 0. The molecule has 0 aliphatic heterocycles. The van der Waals surface area contributed by atoms with Crippen molar-refractivity contribution in [1.29, 1.82) is 0 Å². The van der Waals surface area contributed by atoms with Crippen molar-refractivity contribution in [3.63, 3.8) is 0 Å². The molecule has 0 N–H and O–H groups in total. The van der Waals surface area contributed by atoms with Crippen molar-refractivity contribution < 1.29 is 8.78 Å². The largest absolute Gasteiger partial charge is 0.345 e. The molecule has 6 heteroatoms. The van der Waals surface area contributed by atoms with Gasteiger partial charge in [-0.15, -0.1) is 0 Å². The fourth-order valence-electron chi connectivity index (χ4n) is 5.92. The average molecular weight is 555 g/mol. The predicted octanol–water partition coefficient (Wildman–Crippen LogP) is 4.72. The predicted molar refractivity (Wildman–Crippen MR) is 168 cm³/mol. The van der Waals surface area contributed by atoms with Crippen LogP contribution in [0.5, 0.6) is 0 Å². The zero-order chi connectivity index (χ0) is 28.1. The summed E-state index contributed by atoms with van der Waals surface area (Å²) in [6.07, 6.45) is 4.39. The standard InChI is InChI=1S/C35H29BF2N2Si/c37-29-16-10-20-32(24-29)41(31-18-8-3-9-19-31,33-21-11-17-30(38)25-33)26-40-23-22-39-35(40)36-34(27-12-4-1-5-13-27)28-14-6-2-7-15-28/h1-25,34,36H,26H2. The van der Waals surface area contributed by atoms with Gasteiger partial charge in [-0.2, -0.15) is 0 Å². The van der Waals surface area contributed by atoms with E-state index in [-0.39, 0.29) is 17.5 Å². The van der Waals surface area contributed by atoms with Gasteiger partial charge in [0.15, 0.2) is 8.07 Å². The van der Waals surface area contributed by atoms with Crippen LogP contribution in [0.25, 0.3) is 0 Å². The summed E-state index contributed by atoms with van der Waals surface area (Å²) in [5, 5.41) is 2.85. The molecule has 2 nitrogen and oxygen atoms in total. The Morgan fingerprint density at radius 2 is 1.10 bits per heavy atom. The molecule has 0 fully saturated rings. The summed E-state index contributed by atoms with van der Waals surface area (Å²) < 4.78 is 31.9. The SMILES string of the molecule is Fc1cccc([Si](Cn2ccnc2BC(c2ccccc2)c2ccccc2)(c2ccccc2)c2cccc(F)c2)c1. The van der Waals surface area contributed by atoms with Crippen LogP contribution in [-0.4, -0.2) is 24.9 Å². The Balaban J connectivity index is 1.50. The number of hydrogen-bond acceptors (Lipinski definition) is 1. The van der Waals surface area contributed by atoms with Crippen LogP contribution in [0.4, 0.5) is 8.78 Å². The molecule has 1 heterocycles. The maximum Gasteiger partial charge on any atom is 0.217 e. The first-order valence-electron chi connectivity index (χ1n) is 13.8. The summed E-state index contributed by atoms with van der Waals surface area (Å²) >= 11 is 0. The maximum atomic E-state index is 14.8. The van der Waals surface area contributed by atoms with Crippen LogP contribution in [-0.2, 0) is 6.17 Å². The van der Waals surface area contributed by atoms with Crippen LogP contribution in [0.3, 0.4) is 0 Å². The summed E-state index contributed by atoms with van der Waals surface area (Å²) in [6, 6.07) is 44.8. The molecule has 0 unspecified atom stereocenters. The van der Waals surface area contributed by atoms with E-state index in [2.05, 4.69) is 65.2 Å². The Hall–Kier alpha value is -4.55. The first-order chi connectivity index (χ1) is 20.1. The fraction of sp³-hybridized carbons (Fsp3) is 0.0571. The molecule has 0 saturated heterocycles. The minimum absolute atomic E-state index is 0.106. The van der Waals surface area contributed by atoms with Crippen molar-refractivity contribution in [3.05, 3.63) is 175 Å². The molecular formula is C35H29BF2N2Si. The van der Waals surface area contributed by atoms with Gasteiger partial charge in [0.1, 0.15) is 11.6 Å². The molecule has 0 atom stereocenters. The van der Waals surface area contributed by atoms with E-state index in [0.29, 0.717) is 13.4 Å². The zero-order valence-corrected chi connectivity index (χ0v) is 23.6. The number of halogens is 2. The Morgan fingerprint density at radius 3 is 1.61 bits per heavy atom. The quantitative estimate of drug-likeness (QED) is 0.187. The summed E-state index contributed by atoms with van der Waals surface area (Å²) in [4.78, 5) is 4.84. The third kappa shape index (κ3) is 5.56. The normalized spacial score (nSPS) is 11.5. The maximum absolute atomic E-state index is 14.8. The van der Waals surface area contributed by atoms with E-state index in [9.17, 15) is 8.78 Å². The van der Waals surface area contributed by atoms with Gasteiger partial charge in [0.25, 0.3) is 0 Å². The molecule has 41 heavy (non-hydrogen) atoms. The Morgan fingerprint density at radius 1 is 0.610 bits per heavy atom. The van der Waals surface area contributed by atoms with Crippen LogP contribution in [0.2, 0.25) is 0 Å². The van der Waals surface area contributed by atoms with Crippen molar-refractivity contribution in [2.24, 2.45) is 0 Å². The lowest BCUT2D eigenvalue weighted by atomic mass is 9.58. The molecule has 6 aromatic rings. The Labute approximate surface area is 241 Å². The van der Waals surface area contributed by atoms with Gasteiger partial charge in [-0.05, 0) is 56.8 Å². The first-order valence-corrected chi connectivity index (χ1v) is 16.0. The second-order valence-electron chi connectivity index (χ2n) is 10.3. The van der Waals surface area contributed by atoms with Gasteiger partial charge in [-0.1, -0.05) is 115 Å². The van der Waals surface area contributed by atoms with Gasteiger partial charge in [0, 0.05) is 18.6 Å². The van der Waals surface area contributed by atoms with Crippen LogP contribution < -0.4 is 21.3 Å². The molecule has 200 valence electrons. The number of aromatic nitrogens is 2. The van der Waals surface area contributed by atoms with E-state index in [1.807, 2.05) is 54.9 Å². The highest BCUT2D eigenvalue weighted by molar-refractivity contribution is 7.10. The van der Waals surface area contributed by atoms with Gasteiger partial charge in [-0.3, -0.25) is 4.98 Å². The molecule has 0 aliphatic carbocycles. The molecule has 6 rings (SSSR count). The van der Waals surface area contributed by atoms with Crippen molar-refractivity contribution >= 4 is 36.6 Å². The zero-order valence-electron chi connectivity index (χ0n) is 22.6. The summed E-state index contributed by atoms with van der Waals surface area (Å²) in [5.41, 5.74) is 3.37. The minimum atomic E-state index is -2.99. The smallest absolute Gasteiger partial charge is 0.217 e. The Bertz CT molecular complexity index is 1640. The third-order valence-electron chi connectivity index (χ3n) is 7.90. The number of rotatable bonds is 9. The summed E-state index contributed by atoms with van der Waals surface area (Å²) in [6.45, 7) is 0. The summed E-state index contributed by atoms with van der Waals surface area (Å²) in [5.74, 6) is -0.494. The molecule has 0 radical (unpaired) electrons. The lowest BCUT2D eigenvalue weighted by molar-refractivity contribution is 0.628. The highest BCUT2D eigenvalue weighted by Gasteiger charge is 2.41. The Kier molecular flexibility index (Phi) is 7.74. The third-order valence-corrected chi connectivity index (χ3v) is 12.6. The molecular weight excluding hydrogens is 525 g/mol. The average Bonchev–Trinajstić information content (AvgIpc) is 3.46. The second kappa shape index (κ2) is 11.9. The van der Waals surface area contributed by atoms with E-state index in [0.717, 1.165) is 21.3 Å². The number of benzene rings is 5. The van der Waals surface area contributed by atoms with E-state index >= 15 is 0 Å². The van der Waals surface area contributed by atoms with Crippen molar-refractivity contribution in [2.45, 2.75) is 12.0 Å². The van der Waals surface area contributed by atoms with Gasteiger partial charge in [0.2, 0.25) is 7.28 Å². The highest BCUT2D eigenvalue weighted by atomic mass is 28.3. The van der Waals surface area contributed by atoms with Crippen LogP contribution in [0.15, 0.2) is 152 Å². The van der Waals surface area contributed by atoms with Crippen LogP contribution in [0.1, 0.15) is 16.9 Å². The van der Waals surface area contributed by atoms with Crippen LogP contribution >= 0.6 is 0 Å². The molecule has 0 aliphatic rings. The highest BCUT2D eigenvalue weighted by Crippen LogP contribution is 2.23.